The summed E-state index contributed by atoms with van der Waals surface area (Å²) in [5.74, 6) is -12.4. The van der Waals surface area contributed by atoms with Crippen LogP contribution in [0, 0.1) is 53.3 Å². The Bertz CT molecular complexity index is 1280. The Labute approximate surface area is 425 Å². The molecule has 0 aromatic carbocycles. The minimum Gasteiger partial charge on any atom is -0.481 e. The van der Waals surface area contributed by atoms with Gasteiger partial charge in [0, 0.05) is 0 Å². The topological polar surface area (TPSA) is 442 Å². The normalized spacial score (nSPS) is 20.4. The highest BCUT2D eigenvalue weighted by atomic mass is 16.4. The molecule has 72 heavy (non-hydrogen) atoms. The highest BCUT2D eigenvalue weighted by molar-refractivity contribution is 5.70. The first-order valence-electron chi connectivity index (χ1n) is 26.4. The average molecular weight is 1050 g/mol. The van der Waals surface area contributed by atoms with E-state index in [1.54, 1.807) is 0 Å². The number of hydrogen-bond donors (Lipinski definition) is 21. The zero-order valence-electron chi connectivity index (χ0n) is 42.5. The third kappa shape index (κ3) is 28.7. The molecule has 0 aromatic heterocycles. The first kappa shape index (κ1) is 70.7. The van der Waals surface area contributed by atoms with Crippen molar-refractivity contribution in [1.29, 1.82) is 0 Å². The van der Waals surface area contributed by atoms with Crippen molar-refractivity contribution in [2.24, 2.45) is 53.3 Å². The van der Waals surface area contributed by atoms with Gasteiger partial charge < -0.3 is 107 Å². The van der Waals surface area contributed by atoms with Crippen LogP contribution in [0.5, 0.6) is 0 Å². The van der Waals surface area contributed by atoms with Gasteiger partial charge in [0.25, 0.3) is 0 Å². The lowest BCUT2D eigenvalue weighted by Crippen LogP contribution is -2.48. The second-order valence-corrected chi connectivity index (χ2v) is 20.6. The van der Waals surface area contributed by atoms with Crippen molar-refractivity contribution in [3.63, 3.8) is 0 Å². The highest BCUT2D eigenvalue weighted by Crippen LogP contribution is 2.51. The van der Waals surface area contributed by atoms with E-state index in [-0.39, 0.29) is 25.9 Å². The van der Waals surface area contributed by atoms with E-state index in [0.717, 1.165) is 44.9 Å². The van der Waals surface area contributed by atoms with E-state index < -0.39 is 218 Å². The molecule has 0 spiro atoms. The summed E-state index contributed by atoms with van der Waals surface area (Å²) in [6.45, 7) is -7.93. The number of carbonyl (C=O) groups is 1. The summed E-state index contributed by atoms with van der Waals surface area (Å²) in [5.41, 5.74) is 0. The molecule has 19 atom stereocenters. The number of carboxylic acid groups (broad SMARTS) is 1. The molecule has 432 valence electrons. The molecule has 0 aliphatic carbocycles. The van der Waals surface area contributed by atoms with Crippen LogP contribution in [0.25, 0.3) is 0 Å². The fourth-order valence-corrected chi connectivity index (χ4v) is 11.3. The Morgan fingerprint density at radius 3 is 0.778 bits per heavy atom. The fraction of sp³-hybridized carbons (Fsp3) is 0.980. The molecule has 0 rings (SSSR count). The number of aliphatic hydroxyl groups is 20. The van der Waals surface area contributed by atoms with Crippen LogP contribution in [0.2, 0.25) is 0 Å². The second kappa shape index (κ2) is 41.8. The lowest BCUT2D eigenvalue weighted by molar-refractivity contribution is -0.149. The number of hydrogen-bond acceptors (Lipinski definition) is 21. The Hall–Kier alpha value is -1.33. The van der Waals surface area contributed by atoms with Gasteiger partial charge >= 0.3 is 5.97 Å². The molecule has 0 saturated heterocycles. The summed E-state index contributed by atoms with van der Waals surface area (Å²) >= 11 is 0. The first-order valence-corrected chi connectivity index (χ1v) is 26.4. The van der Waals surface area contributed by atoms with E-state index in [4.69, 9.17) is 5.11 Å². The number of unbranched alkanes of at least 4 members (excludes halogenated alkanes) is 8. The molecular formula is C50H100O22. The van der Waals surface area contributed by atoms with Crippen LogP contribution in [0.1, 0.15) is 128 Å². The molecule has 0 aliphatic rings. The van der Waals surface area contributed by atoms with Gasteiger partial charge in [-0.2, -0.15) is 0 Å². The molecule has 0 saturated carbocycles. The monoisotopic (exact) mass is 1050 g/mol. The molecule has 0 fully saturated rings. The summed E-state index contributed by atoms with van der Waals surface area (Å²) in [6.07, 6.45) is -10.3. The molecule has 19 unspecified atom stereocenters. The van der Waals surface area contributed by atoms with Crippen molar-refractivity contribution in [2.45, 2.75) is 189 Å². The predicted molar refractivity (Wildman–Crippen MR) is 262 cm³/mol. The van der Waals surface area contributed by atoms with E-state index >= 15 is 0 Å². The van der Waals surface area contributed by atoms with E-state index in [2.05, 4.69) is 0 Å². The van der Waals surface area contributed by atoms with E-state index in [9.17, 15) is 107 Å². The SMILES string of the molecule is O=C(O)C(CC(O)CO)C(CC(O)CO)C(CC(O)CO)C(CC(O)CO)C(CC(O)CO)C(CC(O)CO)C(CC(O)CO)C(CC(O)CO)C(CCCCCCCCCCCC(O)CO)CC(O)CO. The zero-order chi connectivity index (χ0) is 54.8. The van der Waals surface area contributed by atoms with Gasteiger partial charge in [0.05, 0.1) is 133 Å². The van der Waals surface area contributed by atoms with Gasteiger partial charge in [-0.05, 0) is 112 Å². The molecule has 0 heterocycles. The molecule has 21 N–H and O–H groups in total. The smallest absolute Gasteiger partial charge is 0.306 e. The molecule has 22 nitrogen and oxygen atoms in total. The predicted octanol–water partition coefficient (Wildman–Crippen LogP) is -3.05. The number of aliphatic hydroxyl groups excluding tert-OH is 20. The molecule has 0 amide bonds. The van der Waals surface area contributed by atoms with Crippen LogP contribution in [0.4, 0.5) is 0 Å². The van der Waals surface area contributed by atoms with Crippen molar-refractivity contribution < 1.29 is 112 Å². The minimum absolute atomic E-state index is 0.0954. The maximum absolute atomic E-state index is 13.2. The summed E-state index contributed by atoms with van der Waals surface area (Å²) < 4.78 is 0. The molecule has 0 aliphatic heterocycles. The lowest BCUT2D eigenvalue weighted by Gasteiger charge is -2.50. The van der Waals surface area contributed by atoms with Crippen molar-refractivity contribution in [2.75, 3.05) is 66.1 Å². The Morgan fingerprint density at radius 1 is 0.250 bits per heavy atom. The van der Waals surface area contributed by atoms with Gasteiger partial charge in [0.15, 0.2) is 0 Å². The van der Waals surface area contributed by atoms with Crippen LogP contribution >= 0.6 is 0 Å². The number of aliphatic carboxylic acids is 1. The maximum Gasteiger partial charge on any atom is 0.306 e. The van der Waals surface area contributed by atoms with Crippen LogP contribution in [-0.4, -0.2) is 240 Å². The third-order valence-corrected chi connectivity index (χ3v) is 14.9. The molecule has 0 aromatic rings. The first-order chi connectivity index (χ1) is 34.2. The highest BCUT2D eigenvalue weighted by Gasteiger charge is 2.49. The Morgan fingerprint density at radius 2 is 0.472 bits per heavy atom. The van der Waals surface area contributed by atoms with Crippen molar-refractivity contribution in [1.82, 2.24) is 0 Å². The van der Waals surface area contributed by atoms with Gasteiger partial charge in [0.1, 0.15) is 0 Å². The van der Waals surface area contributed by atoms with Crippen LogP contribution in [-0.2, 0) is 4.79 Å². The van der Waals surface area contributed by atoms with Gasteiger partial charge in [-0.1, -0.05) is 64.2 Å². The van der Waals surface area contributed by atoms with Gasteiger partial charge in [0.2, 0.25) is 0 Å². The molecule has 22 heteroatoms. The quantitative estimate of drug-likeness (QED) is 0.0269. The fourth-order valence-electron chi connectivity index (χ4n) is 11.3. The van der Waals surface area contributed by atoms with Crippen molar-refractivity contribution in [3.05, 3.63) is 0 Å². The maximum atomic E-state index is 13.2. The lowest BCUT2D eigenvalue weighted by atomic mass is 9.56. The Kier molecular flexibility index (Phi) is 41.0. The average Bonchev–Trinajstić information content (AvgIpc) is 3.38. The van der Waals surface area contributed by atoms with E-state index in [0.29, 0.717) is 25.7 Å². The van der Waals surface area contributed by atoms with Gasteiger partial charge in [-0.15, -0.1) is 0 Å². The molecule has 0 radical (unpaired) electrons. The summed E-state index contributed by atoms with van der Waals surface area (Å²) in [4.78, 5) is 13.2. The van der Waals surface area contributed by atoms with Gasteiger partial charge in [-0.3, -0.25) is 4.79 Å². The van der Waals surface area contributed by atoms with Crippen LogP contribution < -0.4 is 0 Å². The van der Waals surface area contributed by atoms with E-state index in [1.807, 2.05) is 0 Å². The summed E-state index contributed by atoms with van der Waals surface area (Å²) in [6, 6.07) is 0. The van der Waals surface area contributed by atoms with Crippen LogP contribution in [0.15, 0.2) is 0 Å². The zero-order valence-corrected chi connectivity index (χ0v) is 42.5. The Balaban J connectivity index is 8.29. The largest absolute Gasteiger partial charge is 0.481 e. The van der Waals surface area contributed by atoms with E-state index in [1.165, 1.54) is 0 Å². The summed E-state index contributed by atoms with van der Waals surface area (Å²) in [5, 5.41) is 222. The van der Waals surface area contributed by atoms with Gasteiger partial charge in [-0.25, -0.2) is 0 Å². The van der Waals surface area contributed by atoms with Crippen LogP contribution in [0.3, 0.4) is 0 Å². The standard InChI is InChI=1S/C50H100O22/c51-21-32(61)11-9-7-5-3-1-2-4-6-8-10-31(12-33(62)22-52)42(13-34(63)23-53)43(14-35(64)24-54)44(15-36(65)25-55)45(16-37(66)26-56)46(17-38(67)27-57)47(18-39(68)28-58)48(19-40(69)29-59)49(50(71)72)20-41(70)30-60/h31-49,51-70H,1-30H2,(H,71,72). The third-order valence-electron chi connectivity index (χ3n) is 14.9. The number of rotatable bonds is 49. The molecular weight excluding hydrogens is 953 g/mol. The van der Waals surface area contributed by atoms with Crippen molar-refractivity contribution >= 4 is 5.97 Å². The van der Waals surface area contributed by atoms with Crippen molar-refractivity contribution in [3.8, 4) is 0 Å². The minimum atomic E-state index is -1.69. The molecule has 0 bridgehead atoms. The second-order valence-electron chi connectivity index (χ2n) is 20.6. The summed E-state index contributed by atoms with van der Waals surface area (Å²) in [7, 11) is 0. The number of carboxylic acids is 1.